The Labute approximate surface area is 108 Å². The minimum atomic E-state index is -0.801. The molecule has 0 aromatic carbocycles. The number of aliphatic carboxylic acids is 1. The van der Waals surface area contributed by atoms with Crippen LogP contribution in [0.1, 0.15) is 44.9 Å². The predicted molar refractivity (Wildman–Crippen MR) is 68.1 cm³/mol. The second kappa shape index (κ2) is 5.72. The van der Waals surface area contributed by atoms with E-state index in [4.69, 9.17) is 0 Å². The normalized spacial score (nSPS) is 28.5. The number of carbonyl (C=O) groups excluding carboxylic acids is 1. The lowest BCUT2D eigenvalue weighted by Crippen LogP contribution is -2.43. The second-order valence-electron chi connectivity index (χ2n) is 5.85. The van der Waals surface area contributed by atoms with E-state index in [1.54, 1.807) is 4.90 Å². The molecule has 4 nitrogen and oxygen atoms in total. The van der Waals surface area contributed by atoms with Crippen LogP contribution in [0.2, 0.25) is 0 Å². The second-order valence-corrected chi connectivity index (χ2v) is 5.85. The van der Waals surface area contributed by atoms with Gasteiger partial charge in [-0.25, -0.2) is 0 Å². The predicted octanol–water partition coefficient (Wildman–Crippen LogP) is 2.14. The van der Waals surface area contributed by atoms with Crippen LogP contribution in [0.3, 0.4) is 0 Å². The third kappa shape index (κ3) is 2.85. The maximum atomic E-state index is 12.4. The van der Waals surface area contributed by atoms with Gasteiger partial charge in [0.1, 0.15) is 0 Å². The molecule has 0 bridgehead atoms. The molecule has 2 aliphatic carbocycles. The van der Waals surface area contributed by atoms with Crippen LogP contribution >= 0.6 is 0 Å². The Balaban J connectivity index is 1.94. The molecular formula is C14H23NO3. The molecule has 102 valence electrons. The number of carbonyl (C=O) groups is 2. The lowest BCUT2D eigenvalue weighted by Gasteiger charge is -2.34. The van der Waals surface area contributed by atoms with Crippen molar-refractivity contribution >= 4 is 11.9 Å². The Hall–Kier alpha value is -1.06. The number of rotatable bonds is 4. The molecule has 0 aliphatic heterocycles. The molecule has 2 fully saturated rings. The van der Waals surface area contributed by atoms with E-state index < -0.39 is 11.9 Å². The van der Waals surface area contributed by atoms with E-state index in [0.29, 0.717) is 12.3 Å². The Morgan fingerprint density at radius 2 is 1.67 bits per heavy atom. The summed E-state index contributed by atoms with van der Waals surface area (Å²) in [6.45, 7) is 0.807. The minimum Gasteiger partial charge on any atom is -0.481 e. The van der Waals surface area contributed by atoms with E-state index in [2.05, 4.69) is 0 Å². The smallest absolute Gasteiger partial charge is 0.307 e. The van der Waals surface area contributed by atoms with Crippen molar-refractivity contribution in [1.29, 1.82) is 0 Å². The molecule has 0 spiro atoms. The maximum absolute atomic E-state index is 12.4. The van der Waals surface area contributed by atoms with Crippen LogP contribution in [-0.2, 0) is 9.59 Å². The minimum absolute atomic E-state index is 0.0500. The molecular weight excluding hydrogens is 230 g/mol. The standard InChI is InChI=1S/C14H23NO3/c1-15(9-10-5-4-6-10)13(16)11-7-2-3-8-12(11)14(17)18/h10-12H,2-9H2,1H3,(H,17,18)/t11-,12+/m1/s1. The molecule has 2 atom stereocenters. The number of carboxylic acid groups (broad SMARTS) is 1. The molecule has 0 aromatic heterocycles. The summed E-state index contributed by atoms with van der Waals surface area (Å²) in [7, 11) is 1.83. The van der Waals surface area contributed by atoms with Crippen molar-refractivity contribution in [2.75, 3.05) is 13.6 Å². The number of nitrogens with zero attached hydrogens (tertiary/aromatic N) is 1. The van der Waals surface area contributed by atoms with Crippen molar-refractivity contribution in [2.24, 2.45) is 17.8 Å². The van der Waals surface area contributed by atoms with Gasteiger partial charge >= 0.3 is 5.97 Å². The Morgan fingerprint density at radius 1 is 1.06 bits per heavy atom. The molecule has 4 heteroatoms. The molecule has 2 saturated carbocycles. The van der Waals surface area contributed by atoms with Crippen LogP contribution in [0.5, 0.6) is 0 Å². The largest absolute Gasteiger partial charge is 0.481 e. The highest BCUT2D eigenvalue weighted by Crippen LogP contribution is 2.33. The summed E-state index contributed by atoms with van der Waals surface area (Å²) in [6, 6.07) is 0. The van der Waals surface area contributed by atoms with E-state index in [1.165, 1.54) is 19.3 Å². The van der Waals surface area contributed by atoms with E-state index in [-0.39, 0.29) is 11.8 Å². The van der Waals surface area contributed by atoms with Gasteiger partial charge in [0.2, 0.25) is 5.91 Å². The van der Waals surface area contributed by atoms with Crippen LogP contribution in [0.25, 0.3) is 0 Å². The third-order valence-corrected chi connectivity index (χ3v) is 4.53. The van der Waals surface area contributed by atoms with Gasteiger partial charge in [0.05, 0.1) is 11.8 Å². The number of amides is 1. The van der Waals surface area contributed by atoms with Crippen LogP contribution in [0.15, 0.2) is 0 Å². The first-order valence-electron chi connectivity index (χ1n) is 7.07. The number of hydrogen-bond donors (Lipinski definition) is 1. The summed E-state index contributed by atoms with van der Waals surface area (Å²) < 4.78 is 0. The van der Waals surface area contributed by atoms with Crippen molar-refractivity contribution in [3.8, 4) is 0 Å². The van der Waals surface area contributed by atoms with Crippen molar-refractivity contribution in [1.82, 2.24) is 4.90 Å². The van der Waals surface area contributed by atoms with Gasteiger partial charge in [0, 0.05) is 13.6 Å². The zero-order chi connectivity index (χ0) is 13.1. The van der Waals surface area contributed by atoms with Crippen LogP contribution in [-0.4, -0.2) is 35.5 Å². The van der Waals surface area contributed by atoms with Crippen LogP contribution in [0.4, 0.5) is 0 Å². The molecule has 0 heterocycles. The average molecular weight is 253 g/mol. The van der Waals surface area contributed by atoms with Crippen LogP contribution in [0, 0.1) is 17.8 Å². The van der Waals surface area contributed by atoms with Gasteiger partial charge < -0.3 is 10.0 Å². The van der Waals surface area contributed by atoms with E-state index in [9.17, 15) is 14.7 Å². The summed E-state index contributed by atoms with van der Waals surface area (Å²) in [5.41, 5.74) is 0. The fraction of sp³-hybridized carbons (Fsp3) is 0.857. The summed E-state index contributed by atoms with van der Waals surface area (Å²) >= 11 is 0. The zero-order valence-electron chi connectivity index (χ0n) is 11.1. The SMILES string of the molecule is CN(CC1CCC1)C(=O)[C@@H]1CCCC[C@@H]1C(=O)O. The molecule has 0 radical (unpaired) electrons. The Morgan fingerprint density at radius 3 is 2.17 bits per heavy atom. The fourth-order valence-corrected chi connectivity index (χ4v) is 3.16. The molecule has 2 rings (SSSR count). The van der Waals surface area contributed by atoms with Crippen LogP contribution < -0.4 is 0 Å². The van der Waals surface area contributed by atoms with Gasteiger partial charge in [-0.1, -0.05) is 19.3 Å². The van der Waals surface area contributed by atoms with Gasteiger partial charge in [-0.3, -0.25) is 9.59 Å². The Kier molecular flexibility index (Phi) is 4.25. The maximum Gasteiger partial charge on any atom is 0.307 e. The average Bonchev–Trinajstić information content (AvgIpc) is 2.32. The summed E-state index contributed by atoms with van der Waals surface area (Å²) in [5, 5.41) is 9.21. The van der Waals surface area contributed by atoms with E-state index >= 15 is 0 Å². The van der Waals surface area contributed by atoms with Gasteiger partial charge in [0.15, 0.2) is 0 Å². The van der Waals surface area contributed by atoms with Crippen molar-refractivity contribution in [2.45, 2.75) is 44.9 Å². The molecule has 0 unspecified atom stereocenters. The topological polar surface area (TPSA) is 57.6 Å². The van der Waals surface area contributed by atoms with Crippen molar-refractivity contribution < 1.29 is 14.7 Å². The zero-order valence-corrected chi connectivity index (χ0v) is 11.1. The highest BCUT2D eigenvalue weighted by atomic mass is 16.4. The van der Waals surface area contributed by atoms with Gasteiger partial charge in [0.25, 0.3) is 0 Å². The summed E-state index contributed by atoms with van der Waals surface area (Å²) in [5.74, 6) is -0.860. The first-order chi connectivity index (χ1) is 8.59. The van der Waals surface area contributed by atoms with Gasteiger partial charge in [-0.05, 0) is 31.6 Å². The molecule has 18 heavy (non-hydrogen) atoms. The van der Waals surface area contributed by atoms with Crippen molar-refractivity contribution in [3.63, 3.8) is 0 Å². The molecule has 1 amide bonds. The monoisotopic (exact) mass is 253 g/mol. The highest BCUT2D eigenvalue weighted by molar-refractivity contribution is 5.84. The third-order valence-electron chi connectivity index (χ3n) is 4.53. The van der Waals surface area contributed by atoms with Gasteiger partial charge in [-0.15, -0.1) is 0 Å². The summed E-state index contributed by atoms with van der Waals surface area (Å²) in [6.07, 6.45) is 7.02. The molecule has 1 N–H and O–H groups in total. The quantitative estimate of drug-likeness (QED) is 0.835. The molecule has 0 aromatic rings. The van der Waals surface area contributed by atoms with Gasteiger partial charge in [-0.2, -0.15) is 0 Å². The molecule has 0 saturated heterocycles. The van der Waals surface area contributed by atoms with E-state index in [0.717, 1.165) is 25.8 Å². The first kappa shape index (κ1) is 13.4. The Bertz CT molecular complexity index is 325. The lowest BCUT2D eigenvalue weighted by molar-refractivity contribution is -0.152. The summed E-state index contributed by atoms with van der Waals surface area (Å²) in [4.78, 5) is 25.3. The lowest BCUT2D eigenvalue weighted by atomic mass is 9.78. The number of carboxylic acids is 1. The van der Waals surface area contributed by atoms with Crippen molar-refractivity contribution in [3.05, 3.63) is 0 Å². The first-order valence-corrected chi connectivity index (χ1v) is 7.07. The molecule has 2 aliphatic rings. The highest BCUT2D eigenvalue weighted by Gasteiger charge is 2.37. The fourth-order valence-electron chi connectivity index (χ4n) is 3.16. The van der Waals surface area contributed by atoms with E-state index in [1.807, 2.05) is 7.05 Å². The number of hydrogen-bond acceptors (Lipinski definition) is 2.